The molecule has 0 amide bonds. The van der Waals surface area contributed by atoms with Gasteiger partial charge in [0.15, 0.2) is 0 Å². The van der Waals surface area contributed by atoms with E-state index in [-0.39, 0.29) is 11.9 Å². The summed E-state index contributed by atoms with van der Waals surface area (Å²) in [5.41, 5.74) is 2.34. The zero-order chi connectivity index (χ0) is 12.1. The summed E-state index contributed by atoms with van der Waals surface area (Å²) < 4.78 is 4.71. The smallest absolute Gasteiger partial charge is 0.312 e. The standard InChI is InChI=1S/C13H15NO2S/c1-16-13(15)11-2-4-12(5-3-11)14-8-10-6-7-17-9-10/h2,4-7,9,11,14H,3,8H2,1H3. The Bertz CT molecular complexity index is 434. The largest absolute Gasteiger partial charge is 0.469 e. The van der Waals surface area contributed by atoms with Crippen molar-refractivity contribution in [2.45, 2.75) is 13.0 Å². The van der Waals surface area contributed by atoms with Gasteiger partial charge in [-0.15, -0.1) is 0 Å². The van der Waals surface area contributed by atoms with Crippen LogP contribution in [0.4, 0.5) is 0 Å². The third-order valence-electron chi connectivity index (χ3n) is 2.68. The first-order valence-electron chi connectivity index (χ1n) is 5.50. The molecule has 0 aliphatic heterocycles. The van der Waals surface area contributed by atoms with E-state index in [9.17, 15) is 4.79 Å². The average molecular weight is 249 g/mol. The predicted octanol–water partition coefficient (Wildman–Crippen LogP) is 2.47. The van der Waals surface area contributed by atoms with E-state index in [1.807, 2.05) is 18.2 Å². The molecule has 1 aromatic heterocycles. The number of allylic oxidation sites excluding steroid dienone is 2. The Balaban J connectivity index is 1.83. The van der Waals surface area contributed by atoms with Crippen LogP contribution in [0.5, 0.6) is 0 Å². The van der Waals surface area contributed by atoms with Gasteiger partial charge >= 0.3 is 5.97 Å². The van der Waals surface area contributed by atoms with Crippen molar-refractivity contribution in [3.05, 3.63) is 46.3 Å². The van der Waals surface area contributed by atoms with E-state index < -0.39 is 0 Å². The molecule has 1 N–H and O–H groups in total. The van der Waals surface area contributed by atoms with Gasteiger partial charge in [0.1, 0.15) is 0 Å². The Hall–Kier alpha value is -1.55. The molecular weight excluding hydrogens is 234 g/mol. The number of methoxy groups -OCH3 is 1. The molecule has 3 nitrogen and oxygen atoms in total. The summed E-state index contributed by atoms with van der Waals surface area (Å²) in [4.78, 5) is 11.3. The minimum atomic E-state index is -0.172. The fourth-order valence-electron chi connectivity index (χ4n) is 1.67. The molecule has 0 bridgehead atoms. The van der Waals surface area contributed by atoms with Crippen molar-refractivity contribution < 1.29 is 9.53 Å². The number of nitrogens with one attached hydrogen (secondary N) is 1. The number of hydrogen-bond acceptors (Lipinski definition) is 4. The molecule has 1 atom stereocenters. The van der Waals surface area contributed by atoms with Gasteiger partial charge in [0.05, 0.1) is 13.0 Å². The molecule has 0 aromatic carbocycles. The van der Waals surface area contributed by atoms with Crippen LogP contribution in [0.2, 0.25) is 0 Å². The van der Waals surface area contributed by atoms with Gasteiger partial charge in [-0.3, -0.25) is 4.79 Å². The Kier molecular flexibility index (Phi) is 3.98. The second-order valence-electron chi connectivity index (χ2n) is 3.87. The lowest BCUT2D eigenvalue weighted by molar-refractivity contribution is -0.143. The van der Waals surface area contributed by atoms with Crippen LogP contribution in [0.25, 0.3) is 0 Å². The molecule has 4 heteroatoms. The lowest BCUT2D eigenvalue weighted by Crippen LogP contribution is -2.18. The lowest BCUT2D eigenvalue weighted by Gasteiger charge is -2.15. The van der Waals surface area contributed by atoms with Crippen molar-refractivity contribution in [2.24, 2.45) is 5.92 Å². The van der Waals surface area contributed by atoms with Crippen LogP contribution >= 0.6 is 11.3 Å². The Labute approximate surface area is 105 Å². The maximum atomic E-state index is 11.3. The Morgan fingerprint density at radius 1 is 1.65 bits per heavy atom. The number of carbonyl (C=O) groups is 1. The number of carbonyl (C=O) groups excluding carboxylic acids is 1. The van der Waals surface area contributed by atoms with Crippen molar-refractivity contribution in [3.8, 4) is 0 Å². The molecule has 1 aliphatic carbocycles. The van der Waals surface area contributed by atoms with Crippen LogP contribution in [-0.4, -0.2) is 13.1 Å². The third-order valence-corrected chi connectivity index (χ3v) is 3.41. The highest BCUT2D eigenvalue weighted by atomic mass is 32.1. The summed E-state index contributed by atoms with van der Waals surface area (Å²) >= 11 is 1.69. The summed E-state index contributed by atoms with van der Waals surface area (Å²) in [5.74, 6) is -0.305. The van der Waals surface area contributed by atoms with E-state index in [0.717, 1.165) is 12.2 Å². The van der Waals surface area contributed by atoms with Gasteiger partial charge < -0.3 is 10.1 Å². The fraction of sp³-hybridized carbons (Fsp3) is 0.308. The second kappa shape index (κ2) is 5.68. The highest BCUT2D eigenvalue weighted by molar-refractivity contribution is 7.07. The molecule has 1 heterocycles. The van der Waals surface area contributed by atoms with E-state index in [2.05, 4.69) is 22.1 Å². The second-order valence-corrected chi connectivity index (χ2v) is 4.65. The van der Waals surface area contributed by atoms with Crippen molar-refractivity contribution >= 4 is 17.3 Å². The van der Waals surface area contributed by atoms with Gasteiger partial charge in [-0.2, -0.15) is 11.3 Å². The maximum absolute atomic E-state index is 11.3. The van der Waals surface area contributed by atoms with Crippen molar-refractivity contribution in [1.29, 1.82) is 0 Å². The topological polar surface area (TPSA) is 38.3 Å². The van der Waals surface area contributed by atoms with E-state index >= 15 is 0 Å². The van der Waals surface area contributed by atoms with Gasteiger partial charge in [-0.1, -0.05) is 12.2 Å². The number of hydrogen-bond donors (Lipinski definition) is 1. The molecule has 1 aliphatic rings. The summed E-state index contributed by atoms with van der Waals surface area (Å²) in [6.07, 6.45) is 6.57. The first-order chi connectivity index (χ1) is 8.29. The van der Waals surface area contributed by atoms with Gasteiger partial charge in [0, 0.05) is 12.2 Å². The van der Waals surface area contributed by atoms with E-state index in [0.29, 0.717) is 6.42 Å². The van der Waals surface area contributed by atoms with Crippen LogP contribution in [0.15, 0.2) is 40.8 Å². The quantitative estimate of drug-likeness (QED) is 0.833. The van der Waals surface area contributed by atoms with Crippen molar-refractivity contribution in [3.63, 3.8) is 0 Å². The average Bonchev–Trinajstić information content (AvgIpc) is 2.89. The molecule has 2 rings (SSSR count). The Morgan fingerprint density at radius 3 is 3.12 bits per heavy atom. The number of esters is 1. The molecular formula is C13H15NO2S. The normalized spacial score (nSPS) is 18.6. The molecule has 1 aromatic rings. The predicted molar refractivity (Wildman–Crippen MR) is 68.5 cm³/mol. The molecule has 90 valence electrons. The molecule has 0 spiro atoms. The minimum Gasteiger partial charge on any atom is -0.469 e. The van der Waals surface area contributed by atoms with Crippen LogP contribution in [0.3, 0.4) is 0 Å². The summed E-state index contributed by atoms with van der Waals surface area (Å²) in [6, 6.07) is 2.10. The van der Waals surface area contributed by atoms with Crippen LogP contribution in [0.1, 0.15) is 12.0 Å². The third kappa shape index (κ3) is 3.20. The highest BCUT2D eigenvalue weighted by Gasteiger charge is 2.17. The van der Waals surface area contributed by atoms with Gasteiger partial charge in [0.2, 0.25) is 0 Å². The van der Waals surface area contributed by atoms with Crippen LogP contribution in [-0.2, 0) is 16.1 Å². The van der Waals surface area contributed by atoms with Crippen molar-refractivity contribution in [1.82, 2.24) is 5.32 Å². The van der Waals surface area contributed by atoms with E-state index in [4.69, 9.17) is 4.74 Å². The number of ether oxygens (including phenoxy) is 1. The van der Waals surface area contributed by atoms with Gasteiger partial charge in [-0.25, -0.2) is 0 Å². The van der Waals surface area contributed by atoms with Crippen LogP contribution < -0.4 is 5.32 Å². The molecule has 17 heavy (non-hydrogen) atoms. The zero-order valence-electron chi connectivity index (χ0n) is 9.68. The van der Waals surface area contributed by atoms with Crippen molar-refractivity contribution in [2.75, 3.05) is 7.11 Å². The molecule has 0 fully saturated rings. The zero-order valence-corrected chi connectivity index (χ0v) is 10.5. The number of thiophene rings is 1. The summed E-state index contributed by atoms with van der Waals surface area (Å²) in [5, 5.41) is 7.52. The summed E-state index contributed by atoms with van der Waals surface area (Å²) in [7, 11) is 1.42. The van der Waals surface area contributed by atoms with E-state index in [1.54, 1.807) is 11.3 Å². The minimum absolute atomic E-state index is 0.133. The molecule has 0 saturated heterocycles. The first-order valence-corrected chi connectivity index (χ1v) is 6.45. The fourth-order valence-corrected chi connectivity index (χ4v) is 2.34. The SMILES string of the molecule is COC(=O)C1C=CC(NCc2ccsc2)=CC1. The molecule has 1 unspecified atom stereocenters. The molecule has 0 radical (unpaired) electrons. The first kappa shape index (κ1) is 11.9. The van der Waals surface area contributed by atoms with Crippen LogP contribution in [0, 0.1) is 5.92 Å². The van der Waals surface area contributed by atoms with Gasteiger partial charge in [-0.05, 0) is 34.9 Å². The number of rotatable bonds is 4. The summed E-state index contributed by atoms with van der Waals surface area (Å²) in [6.45, 7) is 0.822. The van der Waals surface area contributed by atoms with E-state index in [1.165, 1.54) is 12.7 Å². The Morgan fingerprint density at radius 2 is 2.53 bits per heavy atom. The molecule has 0 saturated carbocycles. The maximum Gasteiger partial charge on any atom is 0.312 e. The lowest BCUT2D eigenvalue weighted by atomic mass is 9.99. The monoisotopic (exact) mass is 249 g/mol. The van der Waals surface area contributed by atoms with Gasteiger partial charge in [0.25, 0.3) is 0 Å². The highest BCUT2D eigenvalue weighted by Crippen LogP contribution is 2.16.